The van der Waals surface area contributed by atoms with Gasteiger partial charge >= 0.3 is 0 Å². The Morgan fingerprint density at radius 2 is 1.50 bits per heavy atom. The second-order valence-electron chi connectivity index (χ2n) is 4.38. The molecule has 0 aliphatic carbocycles. The number of fused-ring (bicyclic) bond motifs is 4. The van der Waals surface area contributed by atoms with Crippen molar-refractivity contribution in [3.8, 4) is 0 Å². The first-order chi connectivity index (χ1) is 8.84. The van der Waals surface area contributed by atoms with Crippen LogP contribution in [0.15, 0.2) is 59.0 Å². The number of rotatable bonds is 0. The van der Waals surface area contributed by atoms with Crippen molar-refractivity contribution in [2.75, 3.05) is 0 Å². The van der Waals surface area contributed by atoms with Crippen LogP contribution in [-0.4, -0.2) is 0 Å². The van der Waals surface area contributed by atoms with E-state index in [1.165, 1.54) is 0 Å². The minimum atomic E-state index is 0.771. The Balaban J connectivity index is 2.34. The molecule has 4 rings (SSSR count). The molecule has 0 spiro atoms. The zero-order chi connectivity index (χ0) is 12.1. The molecule has 4 aromatic rings. The van der Waals surface area contributed by atoms with E-state index in [9.17, 15) is 0 Å². The Kier molecular flexibility index (Phi) is 1.94. The van der Waals surface area contributed by atoms with Crippen LogP contribution in [0, 0.1) is 0 Å². The summed E-state index contributed by atoms with van der Waals surface area (Å²) in [5.74, 6) is 0. The van der Waals surface area contributed by atoms with Crippen LogP contribution in [0.5, 0.6) is 0 Å². The van der Waals surface area contributed by atoms with E-state index >= 15 is 0 Å². The van der Waals surface area contributed by atoms with Crippen molar-refractivity contribution in [2.45, 2.75) is 0 Å². The molecule has 86 valence electrons. The molecule has 0 unspecified atom stereocenters. The molecule has 0 amide bonds. The number of benzene rings is 3. The zero-order valence-electron chi connectivity index (χ0n) is 9.48. The standard InChI is InChI=1S/C16H9ClO/c17-16-11-6-2-1-5-10(11)9-14-15(16)12-7-3-4-8-13(12)18-14/h1-9H. The van der Waals surface area contributed by atoms with Gasteiger partial charge in [-0.15, -0.1) is 0 Å². The molecule has 0 aliphatic heterocycles. The summed E-state index contributed by atoms with van der Waals surface area (Å²) >= 11 is 6.53. The van der Waals surface area contributed by atoms with E-state index in [4.69, 9.17) is 16.0 Å². The fraction of sp³-hybridized carbons (Fsp3) is 0. The Morgan fingerprint density at radius 1 is 0.778 bits per heavy atom. The van der Waals surface area contributed by atoms with Crippen LogP contribution < -0.4 is 0 Å². The highest BCUT2D eigenvalue weighted by atomic mass is 35.5. The maximum atomic E-state index is 6.53. The third kappa shape index (κ3) is 1.22. The third-order valence-electron chi connectivity index (χ3n) is 3.33. The van der Waals surface area contributed by atoms with Crippen LogP contribution in [0.2, 0.25) is 5.02 Å². The van der Waals surface area contributed by atoms with Crippen molar-refractivity contribution >= 4 is 44.3 Å². The predicted molar refractivity (Wildman–Crippen MR) is 76.2 cm³/mol. The third-order valence-corrected chi connectivity index (χ3v) is 3.72. The van der Waals surface area contributed by atoms with Gasteiger partial charge in [0.25, 0.3) is 0 Å². The van der Waals surface area contributed by atoms with Gasteiger partial charge in [-0.25, -0.2) is 0 Å². The summed E-state index contributed by atoms with van der Waals surface area (Å²) in [6.45, 7) is 0. The quantitative estimate of drug-likeness (QED) is 0.409. The van der Waals surface area contributed by atoms with Crippen LogP contribution in [-0.2, 0) is 0 Å². The van der Waals surface area contributed by atoms with Crippen molar-refractivity contribution in [2.24, 2.45) is 0 Å². The monoisotopic (exact) mass is 252 g/mol. The van der Waals surface area contributed by atoms with Crippen molar-refractivity contribution in [3.05, 3.63) is 59.6 Å². The van der Waals surface area contributed by atoms with Crippen LogP contribution in [0.25, 0.3) is 32.7 Å². The zero-order valence-corrected chi connectivity index (χ0v) is 10.2. The van der Waals surface area contributed by atoms with Crippen LogP contribution in [0.3, 0.4) is 0 Å². The molecule has 2 heteroatoms. The summed E-state index contributed by atoms with van der Waals surface area (Å²) in [6, 6.07) is 18.1. The first-order valence-electron chi connectivity index (χ1n) is 5.83. The van der Waals surface area contributed by atoms with Crippen LogP contribution >= 0.6 is 11.6 Å². The number of halogens is 1. The molecule has 0 atom stereocenters. The van der Waals surface area contributed by atoms with Gasteiger partial charge in [-0.1, -0.05) is 54.1 Å². The highest BCUT2D eigenvalue weighted by Gasteiger charge is 2.12. The summed E-state index contributed by atoms with van der Waals surface area (Å²) in [7, 11) is 0. The van der Waals surface area contributed by atoms with Crippen LogP contribution in [0.4, 0.5) is 0 Å². The van der Waals surface area contributed by atoms with Gasteiger partial charge in [0.1, 0.15) is 11.2 Å². The first kappa shape index (κ1) is 9.98. The first-order valence-corrected chi connectivity index (χ1v) is 6.21. The second kappa shape index (κ2) is 3.50. The smallest absolute Gasteiger partial charge is 0.137 e. The molecule has 0 saturated heterocycles. The maximum absolute atomic E-state index is 6.53. The SMILES string of the molecule is Clc1c2ccccc2cc2oc3ccccc3c12. The topological polar surface area (TPSA) is 13.1 Å². The van der Waals surface area contributed by atoms with Gasteiger partial charge in [0.15, 0.2) is 0 Å². The molecule has 0 fully saturated rings. The average molecular weight is 253 g/mol. The van der Waals surface area contributed by atoms with Crippen LogP contribution in [0.1, 0.15) is 0 Å². The molecule has 18 heavy (non-hydrogen) atoms. The van der Waals surface area contributed by atoms with E-state index in [0.717, 1.165) is 37.7 Å². The van der Waals surface area contributed by atoms with Crippen molar-refractivity contribution in [1.82, 2.24) is 0 Å². The molecule has 1 aromatic heterocycles. The largest absolute Gasteiger partial charge is 0.456 e. The summed E-state index contributed by atoms with van der Waals surface area (Å²) < 4.78 is 5.86. The summed E-state index contributed by atoms with van der Waals surface area (Å²) in [4.78, 5) is 0. The van der Waals surface area contributed by atoms with Gasteiger partial charge in [0.2, 0.25) is 0 Å². The van der Waals surface area contributed by atoms with Gasteiger partial charge in [-0.05, 0) is 17.5 Å². The van der Waals surface area contributed by atoms with Gasteiger partial charge in [-0.3, -0.25) is 0 Å². The van der Waals surface area contributed by atoms with E-state index in [2.05, 4.69) is 6.07 Å². The lowest BCUT2D eigenvalue weighted by atomic mass is 10.1. The lowest BCUT2D eigenvalue weighted by Gasteiger charge is -2.01. The van der Waals surface area contributed by atoms with E-state index in [0.29, 0.717) is 0 Å². The number of furan rings is 1. The highest BCUT2D eigenvalue weighted by molar-refractivity contribution is 6.42. The molecule has 0 saturated carbocycles. The minimum absolute atomic E-state index is 0.771. The van der Waals surface area contributed by atoms with Gasteiger partial charge < -0.3 is 4.42 Å². The fourth-order valence-electron chi connectivity index (χ4n) is 2.49. The van der Waals surface area contributed by atoms with Crippen molar-refractivity contribution in [1.29, 1.82) is 0 Å². The molecular weight excluding hydrogens is 244 g/mol. The van der Waals surface area contributed by atoms with Gasteiger partial charge in [0.05, 0.1) is 5.02 Å². The van der Waals surface area contributed by atoms with E-state index in [1.54, 1.807) is 0 Å². The molecule has 0 aliphatic rings. The maximum Gasteiger partial charge on any atom is 0.137 e. The summed E-state index contributed by atoms with van der Waals surface area (Å²) in [5.41, 5.74) is 1.73. The number of hydrogen-bond donors (Lipinski definition) is 0. The Morgan fingerprint density at radius 3 is 2.39 bits per heavy atom. The van der Waals surface area contributed by atoms with Gasteiger partial charge in [0, 0.05) is 16.2 Å². The lowest BCUT2D eigenvalue weighted by molar-refractivity contribution is 0.669. The number of para-hydroxylation sites is 1. The Bertz CT molecular complexity index is 889. The number of hydrogen-bond acceptors (Lipinski definition) is 1. The molecule has 0 radical (unpaired) electrons. The predicted octanol–water partition coefficient (Wildman–Crippen LogP) is 5.39. The van der Waals surface area contributed by atoms with Gasteiger partial charge in [-0.2, -0.15) is 0 Å². The Labute approximate surface area is 109 Å². The summed E-state index contributed by atoms with van der Waals surface area (Å²) in [5, 5.41) is 5.02. The molecule has 1 heterocycles. The van der Waals surface area contributed by atoms with Crippen molar-refractivity contribution < 1.29 is 4.42 Å². The molecule has 0 N–H and O–H groups in total. The summed E-state index contributed by atoms with van der Waals surface area (Å²) in [6.07, 6.45) is 0. The van der Waals surface area contributed by atoms with E-state index in [1.807, 2.05) is 48.5 Å². The molecule has 3 aromatic carbocycles. The van der Waals surface area contributed by atoms with Crippen molar-refractivity contribution in [3.63, 3.8) is 0 Å². The fourth-order valence-corrected chi connectivity index (χ4v) is 2.86. The van der Waals surface area contributed by atoms with E-state index in [-0.39, 0.29) is 0 Å². The minimum Gasteiger partial charge on any atom is -0.456 e. The lowest BCUT2D eigenvalue weighted by Crippen LogP contribution is -1.75. The second-order valence-corrected chi connectivity index (χ2v) is 4.76. The molecular formula is C16H9ClO. The van der Waals surface area contributed by atoms with E-state index < -0.39 is 0 Å². The average Bonchev–Trinajstić information content (AvgIpc) is 2.77. The molecule has 0 bridgehead atoms. The Hall–Kier alpha value is -1.99. The normalized spacial score (nSPS) is 11.6. The molecule has 1 nitrogen and oxygen atoms in total. The highest BCUT2D eigenvalue weighted by Crippen LogP contribution is 2.38.